The van der Waals surface area contributed by atoms with E-state index in [1.54, 1.807) is 66.7 Å². The largest absolute Gasteiger partial charge is 0.619 e. The highest BCUT2D eigenvalue weighted by molar-refractivity contribution is 7.88. The lowest BCUT2D eigenvalue weighted by atomic mass is 10.0. The number of nitrogens with one attached hydrogen (secondary N) is 4. The first kappa shape index (κ1) is 34.8. The Hall–Kier alpha value is -5.07. The molecule has 12 heteroatoms. The summed E-state index contributed by atoms with van der Waals surface area (Å²) >= 11 is 0. The van der Waals surface area contributed by atoms with Gasteiger partial charge in [0, 0.05) is 24.2 Å². The smallest absolute Gasteiger partial charge is 0.242 e. The van der Waals surface area contributed by atoms with E-state index in [0.717, 1.165) is 16.7 Å². The summed E-state index contributed by atoms with van der Waals surface area (Å²) in [4.78, 5) is 27.2. The zero-order valence-electron chi connectivity index (χ0n) is 26.0. The fraction of sp³-hybridized carbons (Fsp3) is 0.257. The van der Waals surface area contributed by atoms with Crippen molar-refractivity contribution < 1.29 is 22.7 Å². The molecule has 0 spiro atoms. The minimum Gasteiger partial charge on any atom is -0.619 e. The molecule has 0 fully saturated rings. The Labute approximate surface area is 275 Å². The second-order valence-electron chi connectivity index (χ2n) is 11.3. The number of nitrogen functional groups attached to an aromatic ring is 1. The molecule has 6 N–H and O–H groups in total. The molecule has 11 nitrogen and oxygen atoms in total. The number of aryl methyl sites for hydroxylation is 2. The lowest BCUT2D eigenvalue weighted by Crippen LogP contribution is -2.53. The van der Waals surface area contributed by atoms with Crippen LogP contribution in [0.1, 0.15) is 47.1 Å². The van der Waals surface area contributed by atoms with Gasteiger partial charge in [-0.2, -0.15) is 4.73 Å². The molecule has 2 unspecified atom stereocenters. The fourth-order valence-electron chi connectivity index (χ4n) is 5.03. The molecule has 47 heavy (non-hydrogen) atoms. The van der Waals surface area contributed by atoms with Gasteiger partial charge in [0.1, 0.15) is 17.9 Å². The topological polar surface area (TPSA) is 181 Å². The highest BCUT2D eigenvalue weighted by Gasteiger charge is 2.28. The number of carbonyl (C=O) groups is 2. The number of amides is 2. The van der Waals surface area contributed by atoms with Crippen molar-refractivity contribution in [2.45, 2.75) is 56.5 Å². The van der Waals surface area contributed by atoms with E-state index in [1.165, 1.54) is 12.4 Å². The molecule has 4 aromatic rings. The minimum atomic E-state index is -3.93. The van der Waals surface area contributed by atoms with Crippen molar-refractivity contribution in [3.8, 4) is 0 Å². The number of sulfonamides is 1. The van der Waals surface area contributed by atoms with Gasteiger partial charge in [0.05, 0.1) is 5.75 Å². The van der Waals surface area contributed by atoms with Crippen molar-refractivity contribution in [1.29, 1.82) is 5.41 Å². The van der Waals surface area contributed by atoms with Crippen LogP contribution in [0.25, 0.3) is 0 Å². The molecule has 3 aromatic carbocycles. The summed E-state index contributed by atoms with van der Waals surface area (Å²) in [6.45, 7) is 0.183. The van der Waals surface area contributed by atoms with E-state index in [-0.39, 0.29) is 31.0 Å². The van der Waals surface area contributed by atoms with Gasteiger partial charge in [-0.3, -0.25) is 15.0 Å². The van der Waals surface area contributed by atoms with Gasteiger partial charge in [-0.25, -0.2) is 13.1 Å². The molecule has 1 heterocycles. The third-order valence-electron chi connectivity index (χ3n) is 7.60. The number of benzene rings is 3. The zero-order chi connectivity index (χ0) is 33.6. The van der Waals surface area contributed by atoms with Gasteiger partial charge in [-0.15, -0.1) is 0 Å². The van der Waals surface area contributed by atoms with Gasteiger partial charge in [0.15, 0.2) is 12.4 Å². The maximum absolute atomic E-state index is 13.8. The van der Waals surface area contributed by atoms with E-state index in [9.17, 15) is 23.2 Å². The van der Waals surface area contributed by atoms with Crippen LogP contribution in [0.15, 0.2) is 109 Å². The first-order valence-electron chi connectivity index (χ1n) is 15.3. The lowest BCUT2D eigenvalue weighted by Gasteiger charge is -2.23. The summed E-state index contributed by atoms with van der Waals surface area (Å²) in [5.41, 5.74) is 9.32. The van der Waals surface area contributed by atoms with Gasteiger partial charge >= 0.3 is 0 Å². The number of nitrogens with zero attached hydrogens (tertiary/aromatic N) is 1. The standard InChI is InChI=1S/C35H40N6O5S/c36-33(37)30-17-14-28(15-18-30)24-38-34(42)31(19-16-26-8-3-1-4-9-26)39-35(43)32(13-7-12-27-20-22-41(44)23-21-27)40-47(45,46)25-29-10-5-2-6-11-29/h1-6,8-11,14-15,17-18,20-23,31-32,40H,7,12-13,16,19,24-25H2,(H3,36,37)(H,38,42)(H,39,43). The lowest BCUT2D eigenvalue weighted by molar-refractivity contribution is -0.605. The van der Waals surface area contributed by atoms with Crippen molar-refractivity contribution in [2.75, 3.05) is 0 Å². The van der Waals surface area contributed by atoms with Crippen LogP contribution in [0, 0.1) is 10.6 Å². The normalized spacial score (nSPS) is 12.5. The van der Waals surface area contributed by atoms with E-state index in [2.05, 4.69) is 15.4 Å². The molecule has 0 bridgehead atoms. The SMILES string of the molecule is N=C(N)c1ccc(CNC(=O)C(CCc2ccccc2)NC(=O)C(CCCc2cc[n+]([O-])cc2)NS(=O)(=O)Cc2ccccc2)cc1. The van der Waals surface area contributed by atoms with Crippen LogP contribution in [-0.2, 0) is 44.8 Å². The predicted molar refractivity (Wildman–Crippen MR) is 180 cm³/mol. The predicted octanol–water partition coefficient (Wildman–Crippen LogP) is 2.85. The second-order valence-corrected chi connectivity index (χ2v) is 13.0. The van der Waals surface area contributed by atoms with Crippen LogP contribution in [0.3, 0.4) is 0 Å². The first-order valence-corrected chi connectivity index (χ1v) is 17.0. The number of hydrogen-bond donors (Lipinski definition) is 5. The number of rotatable bonds is 17. The third-order valence-corrected chi connectivity index (χ3v) is 8.95. The van der Waals surface area contributed by atoms with E-state index in [1.807, 2.05) is 30.3 Å². The number of amidine groups is 1. The van der Waals surface area contributed by atoms with Crippen molar-refractivity contribution in [3.05, 3.63) is 142 Å². The Balaban J connectivity index is 1.49. The van der Waals surface area contributed by atoms with Crippen molar-refractivity contribution in [3.63, 3.8) is 0 Å². The highest BCUT2D eigenvalue weighted by Crippen LogP contribution is 2.12. The van der Waals surface area contributed by atoms with Crippen LogP contribution in [0.4, 0.5) is 0 Å². The molecule has 4 rings (SSSR count). The Morgan fingerprint density at radius 3 is 1.96 bits per heavy atom. The number of carbonyl (C=O) groups excluding carboxylic acids is 2. The first-order chi connectivity index (χ1) is 22.6. The minimum absolute atomic E-state index is 0.0578. The maximum atomic E-state index is 13.8. The van der Waals surface area contributed by atoms with Crippen molar-refractivity contribution >= 4 is 27.7 Å². The van der Waals surface area contributed by atoms with Crippen LogP contribution >= 0.6 is 0 Å². The number of pyridine rings is 1. The summed E-state index contributed by atoms with van der Waals surface area (Å²) in [5.74, 6) is -1.38. The van der Waals surface area contributed by atoms with Crippen molar-refractivity contribution in [2.24, 2.45) is 5.73 Å². The van der Waals surface area contributed by atoms with Crippen LogP contribution in [0.2, 0.25) is 0 Å². The van der Waals surface area contributed by atoms with Gasteiger partial charge in [0.25, 0.3) is 0 Å². The molecular weight excluding hydrogens is 616 g/mol. The van der Waals surface area contributed by atoms with Gasteiger partial charge in [-0.1, -0.05) is 84.9 Å². The second kappa shape index (κ2) is 17.0. The van der Waals surface area contributed by atoms with Crippen LogP contribution in [-0.4, -0.2) is 38.2 Å². The number of aromatic nitrogens is 1. The molecule has 1 aromatic heterocycles. The average Bonchev–Trinajstić information content (AvgIpc) is 3.06. The summed E-state index contributed by atoms with van der Waals surface area (Å²) in [7, 11) is -3.93. The number of hydrogen-bond acceptors (Lipinski definition) is 6. The Morgan fingerprint density at radius 2 is 1.34 bits per heavy atom. The average molecular weight is 657 g/mol. The summed E-state index contributed by atoms with van der Waals surface area (Å²) < 4.78 is 29.7. The molecule has 0 aliphatic carbocycles. The fourth-order valence-corrected chi connectivity index (χ4v) is 6.40. The van der Waals surface area contributed by atoms with E-state index in [4.69, 9.17) is 11.1 Å². The molecule has 0 aliphatic rings. The molecule has 0 saturated carbocycles. The molecule has 246 valence electrons. The Morgan fingerprint density at radius 1 is 0.745 bits per heavy atom. The van der Waals surface area contributed by atoms with Gasteiger partial charge in [-0.05, 0) is 54.4 Å². The molecule has 0 aliphatic heterocycles. The van der Waals surface area contributed by atoms with E-state index >= 15 is 0 Å². The molecule has 0 radical (unpaired) electrons. The van der Waals surface area contributed by atoms with Gasteiger partial charge in [0.2, 0.25) is 21.8 Å². The summed E-state index contributed by atoms with van der Waals surface area (Å²) in [5, 5.41) is 24.7. The summed E-state index contributed by atoms with van der Waals surface area (Å²) in [6, 6.07) is 26.4. The van der Waals surface area contributed by atoms with Crippen LogP contribution < -0.4 is 25.8 Å². The number of nitrogens with two attached hydrogens (primary N) is 1. The zero-order valence-corrected chi connectivity index (χ0v) is 26.8. The Kier molecular flexibility index (Phi) is 12.6. The Bertz CT molecular complexity index is 1720. The third kappa shape index (κ3) is 11.7. The molecule has 2 atom stereocenters. The van der Waals surface area contributed by atoms with Gasteiger partial charge < -0.3 is 21.6 Å². The molecular formula is C35H40N6O5S. The van der Waals surface area contributed by atoms with E-state index < -0.39 is 33.9 Å². The van der Waals surface area contributed by atoms with Crippen LogP contribution in [0.5, 0.6) is 0 Å². The van der Waals surface area contributed by atoms with E-state index in [0.29, 0.717) is 35.1 Å². The maximum Gasteiger partial charge on any atom is 0.242 e. The summed E-state index contributed by atoms with van der Waals surface area (Å²) in [6.07, 6.45) is 4.70. The highest BCUT2D eigenvalue weighted by atomic mass is 32.2. The quantitative estimate of drug-likeness (QED) is 0.0504. The molecule has 0 saturated heterocycles. The molecule has 2 amide bonds. The van der Waals surface area contributed by atoms with Crippen molar-refractivity contribution in [1.82, 2.24) is 15.4 Å². The monoisotopic (exact) mass is 656 g/mol.